The molecule has 0 aromatic heterocycles. The van der Waals surface area contributed by atoms with Crippen LogP contribution in [0.3, 0.4) is 0 Å². The van der Waals surface area contributed by atoms with E-state index in [9.17, 15) is 0 Å². The molecule has 0 saturated carbocycles. The lowest BCUT2D eigenvalue weighted by Gasteiger charge is -2.17. The van der Waals surface area contributed by atoms with Crippen LogP contribution in [0, 0.1) is 0 Å². The minimum atomic E-state index is 0.871. The second-order valence-electron chi connectivity index (χ2n) is 3.65. The number of hydrogen-bond donors (Lipinski definition) is 1. The van der Waals surface area contributed by atoms with Crippen molar-refractivity contribution in [1.82, 2.24) is 5.32 Å². The van der Waals surface area contributed by atoms with Crippen molar-refractivity contribution in [3.63, 3.8) is 0 Å². The molecule has 1 aliphatic rings. The molecule has 0 unspecified atom stereocenters. The summed E-state index contributed by atoms with van der Waals surface area (Å²) in [6.07, 6.45) is 4.48. The van der Waals surface area contributed by atoms with Gasteiger partial charge >= 0.3 is 0 Å². The highest BCUT2D eigenvalue weighted by Gasteiger charge is 2.11. The van der Waals surface area contributed by atoms with Gasteiger partial charge in [-0.25, -0.2) is 0 Å². The lowest BCUT2D eigenvalue weighted by Crippen LogP contribution is -2.13. The summed E-state index contributed by atoms with van der Waals surface area (Å²) in [5, 5.41) is 4.05. The van der Waals surface area contributed by atoms with Crippen molar-refractivity contribution in [3.05, 3.63) is 39.9 Å². The largest absolute Gasteiger partial charge is 0.316 e. The van der Waals surface area contributed by atoms with Crippen LogP contribution >= 0.6 is 11.6 Å². The summed E-state index contributed by atoms with van der Waals surface area (Å²) < 4.78 is 0. The van der Waals surface area contributed by atoms with Crippen LogP contribution in [0.5, 0.6) is 0 Å². The fourth-order valence-electron chi connectivity index (χ4n) is 1.90. The quantitative estimate of drug-likeness (QED) is 0.787. The molecule has 0 amide bonds. The van der Waals surface area contributed by atoms with Crippen molar-refractivity contribution >= 4 is 17.7 Å². The molecular formula is C12H14ClN. The molecule has 1 aromatic carbocycles. The summed E-state index contributed by atoms with van der Waals surface area (Å²) in [4.78, 5) is 0. The molecule has 0 saturated heterocycles. The summed E-state index contributed by atoms with van der Waals surface area (Å²) in [6.45, 7) is 0.963. The summed E-state index contributed by atoms with van der Waals surface area (Å²) in [6, 6.07) is 6.14. The molecule has 1 aromatic rings. The van der Waals surface area contributed by atoms with E-state index in [4.69, 9.17) is 11.6 Å². The summed E-state index contributed by atoms with van der Waals surface area (Å²) in [7, 11) is 1.98. The second kappa shape index (κ2) is 4.16. The smallest absolute Gasteiger partial charge is 0.0481 e. The van der Waals surface area contributed by atoms with Gasteiger partial charge in [-0.1, -0.05) is 35.4 Å². The number of nitrogens with one attached hydrogen (secondary N) is 1. The second-order valence-corrected chi connectivity index (χ2v) is 4.05. The molecule has 0 heterocycles. The fraction of sp³-hybridized carbons (Fsp3) is 0.333. The summed E-state index contributed by atoms with van der Waals surface area (Å²) >= 11 is 6.14. The van der Waals surface area contributed by atoms with Gasteiger partial charge in [0.25, 0.3) is 0 Å². The Hall–Kier alpha value is -0.790. The summed E-state index contributed by atoms with van der Waals surface area (Å²) in [5.41, 5.74) is 4.02. The Morgan fingerprint density at radius 2 is 2.21 bits per heavy atom. The van der Waals surface area contributed by atoms with Gasteiger partial charge in [0.15, 0.2) is 0 Å². The first-order valence-electron chi connectivity index (χ1n) is 4.92. The van der Waals surface area contributed by atoms with Crippen molar-refractivity contribution in [1.29, 1.82) is 0 Å². The van der Waals surface area contributed by atoms with Crippen LogP contribution in [0.2, 0.25) is 5.02 Å². The molecule has 0 radical (unpaired) electrons. The standard InChI is InChI=1S/C12H14ClN/c1-14-8-9-5-6-10-3-2-4-12(13)11(10)7-9/h2-4,7,14H,5-6,8H2,1H3. The van der Waals surface area contributed by atoms with Gasteiger partial charge < -0.3 is 5.32 Å². The zero-order valence-electron chi connectivity index (χ0n) is 8.31. The molecule has 0 bridgehead atoms. The van der Waals surface area contributed by atoms with Gasteiger partial charge in [-0.15, -0.1) is 0 Å². The first kappa shape index (κ1) is 9.75. The highest BCUT2D eigenvalue weighted by atomic mass is 35.5. The van der Waals surface area contributed by atoms with Crippen LogP contribution in [0.4, 0.5) is 0 Å². The average molecular weight is 208 g/mol. The van der Waals surface area contributed by atoms with Crippen LogP contribution in [0.1, 0.15) is 17.5 Å². The Bertz CT molecular complexity index is 369. The molecule has 1 N–H and O–H groups in total. The van der Waals surface area contributed by atoms with Gasteiger partial charge in [0, 0.05) is 11.6 Å². The van der Waals surface area contributed by atoms with E-state index in [1.54, 1.807) is 0 Å². The number of benzene rings is 1. The lowest BCUT2D eigenvalue weighted by molar-refractivity contribution is 0.809. The van der Waals surface area contributed by atoms with Crippen LogP contribution in [0.15, 0.2) is 23.8 Å². The SMILES string of the molecule is CNCC1=Cc2c(Cl)cccc2CC1. The Morgan fingerprint density at radius 1 is 1.36 bits per heavy atom. The molecule has 0 atom stereocenters. The van der Waals surface area contributed by atoms with Crippen molar-refractivity contribution in [3.8, 4) is 0 Å². The van der Waals surface area contributed by atoms with Crippen LogP contribution in [-0.4, -0.2) is 13.6 Å². The van der Waals surface area contributed by atoms with E-state index >= 15 is 0 Å². The van der Waals surface area contributed by atoms with Gasteiger partial charge in [0.2, 0.25) is 0 Å². The molecule has 1 nitrogen and oxygen atoms in total. The highest BCUT2D eigenvalue weighted by molar-refractivity contribution is 6.32. The Balaban J connectivity index is 2.37. The Labute approximate surface area is 89.8 Å². The van der Waals surface area contributed by atoms with E-state index in [1.165, 1.54) is 16.7 Å². The first-order valence-corrected chi connectivity index (χ1v) is 5.30. The normalized spacial score (nSPS) is 14.9. The van der Waals surface area contributed by atoms with Gasteiger partial charge in [-0.2, -0.15) is 0 Å². The van der Waals surface area contributed by atoms with E-state index in [-0.39, 0.29) is 0 Å². The number of halogens is 1. The predicted molar refractivity (Wildman–Crippen MR) is 61.7 cm³/mol. The van der Waals surface area contributed by atoms with E-state index in [2.05, 4.69) is 17.5 Å². The average Bonchev–Trinajstić information content (AvgIpc) is 2.20. The van der Waals surface area contributed by atoms with Crippen molar-refractivity contribution in [2.45, 2.75) is 12.8 Å². The molecule has 1 aliphatic carbocycles. The predicted octanol–water partition coefficient (Wildman–Crippen LogP) is 2.89. The van der Waals surface area contributed by atoms with Crippen LogP contribution in [0.25, 0.3) is 6.08 Å². The molecule has 14 heavy (non-hydrogen) atoms. The van der Waals surface area contributed by atoms with E-state index in [0.29, 0.717) is 0 Å². The zero-order chi connectivity index (χ0) is 9.97. The fourth-order valence-corrected chi connectivity index (χ4v) is 2.15. The maximum Gasteiger partial charge on any atom is 0.0481 e. The number of hydrogen-bond acceptors (Lipinski definition) is 1. The topological polar surface area (TPSA) is 12.0 Å². The van der Waals surface area contributed by atoms with Crippen LogP contribution < -0.4 is 5.32 Å². The number of rotatable bonds is 2. The maximum absolute atomic E-state index is 6.14. The molecule has 0 aliphatic heterocycles. The van der Waals surface area contributed by atoms with E-state index in [1.807, 2.05) is 19.2 Å². The molecular weight excluding hydrogens is 194 g/mol. The van der Waals surface area contributed by atoms with Gasteiger partial charge in [-0.05, 0) is 37.1 Å². The van der Waals surface area contributed by atoms with E-state index < -0.39 is 0 Å². The lowest BCUT2D eigenvalue weighted by atomic mass is 9.92. The monoisotopic (exact) mass is 207 g/mol. The third-order valence-corrected chi connectivity index (χ3v) is 2.94. The number of fused-ring (bicyclic) bond motifs is 1. The van der Waals surface area contributed by atoms with Gasteiger partial charge in [0.1, 0.15) is 0 Å². The highest BCUT2D eigenvalue weighted by Crippen LogP contribution is 2.29. The minimum absolute atomic E-state index is 0.871. The molecule has 2 heteroatoms. The van der Waals surface area contributed by atoms with Crippen molar-refractivity contribution in [2.75, 3.05) is 13.6 Å². The first-order chi connectivity index (χ1) is 6.81. The van der Waals surface area contributed by atoms with Crippen LogP contribution in [-0.2, 0) is 6.42 Å². The number of likely N-dealkylation sites (N-methyl/N-ethyl adjacent to an activating group) is 1. The Morgan fingerprint density at radius 3 is 3.00 bits per heavy atom. The van der Waals surface area contributed by atoms with E-state index in [0.717, 1.165) is 24.4 Å². The molecule has 74 valence electrons. The third-order valence-electron chi connectivity index (χ3n) is 2.61. The zero-order valence-corrected chi connectivity index (χ0v) is 9.06. The summed E-state index contributed by atoms with van der Waals surface area (Å²) in [5.74, 6) is 0. The van der Waals surface area contributed by atoms with Crippen molar-refractivity contribution < 1.29 is 0 Å². The van der Waals surface area contributed by atoms with Gasteiger partial charge in [-0.3, -0.25) is 0 Å². The Kier molecular flexibility index (Phi) is 2.90. The molecule has 2 rings (SSSR count). The van der Waals surface area contributed by atoms with Crippen molar-refractivity contribution in [2.24, 2.45) is 0 Å². The number of aryl methyl sites for hydroxylation is 1. The maximum atomic E-state index is 6.14. The van der Waals surface area contributed by atoms with Gasteiger partial charge in [0.05, 0.1) is 0 Å². The third kappa shape index (κ3) is 1.84. The minimum Gasteiger partial charge on any atom is -0.316 e. The molecule has 0 fully saturated rings. The molecule has 0 spiro atoms.